The Bertz CT molecular complexity index is 897. The normalized spacial score (nSPS) is 12.1. The van der Waals surface area contributed by atoms with Crippen LogP contribution in [0.2, 0.25) is 0 Å². The van der Waals surface area contributed by atoms with Crippen LogP contribution < -0.4 is 11.0 Å². The van der Waals surface area contributed by atoms with Crippen molar-refractivity contribution in [3.63, 3.8) is 0 Å². The van der Waals surface area contributed by atoms with E-state index in [9.17, 15) is 4.57 Å². The van der Waals surface area contributed by atoms with E-state index in [2.05, 4.69) is 6.07 Å². The first-order chi connectivity index (χ1) is 11.1. The van der Waals surface area contributed by atoms with E-state index in [0.717, 1.165) is 21.5 Å². The first-order valence-electron chi connectivity index (χ1n) is 7.69. The number of rotatable bonds is 5. The molecule has 0 aliphatic rings. The second-order valence-electron chi connectivity index (χ2n) is 5.26. The van der Waals surface area contributed by atoms with Gasteiger partial charge in [0.05, 0.1) is 18.5 Å². The molecule has 120 valence electrons. The summed E-state index contributed by atoms with van der Waals surface area (Å²) in [5.74, 6) is 0. The first-order valence-corrected chi connectivity index (χ1v) is 9.24. The summed E-state index contributed by atoms with van der Waals surface area (Å²) in [7, 11) is -3.44. The van der Waals surface area contributed by atoms with Gasteiger partial charge in [0.2, 0.25) is 0 Å². The Morgan fingerprint density at radius 2 is 1.57 bits per heavy atom. The van der Waals surface area contributed by atoms with Crippen LogP contribution in [0.3, 0.4) is 0 Å². The zero-order valence-corrected chi connectivity index (χ0v) is 14.2. The lowest BCUT2D eigenvalue weighted by Gasteiger charge is -2.21. The highest BCUT2D eigenvalue weighted by Gasteiger charge is 2.31. The Morgan fingerprint density at radius 3 is 2.26 bits per heavy atom. The second-order valence-corrected chi connectivity index (χ2v) is 7.22. The largest absolute Gasteiger partial charge is 0.399 e. The minimum absolute atomic E-state index is 0.310. The van der Waals surface area contributed by atoms with Crippen molar-refractivity contribution in [2.45, 2.75) is 13.8 Å². The highest BCUT2D eigenvalue weighted by Crippen LogP contribution is 2.50. The Balaban J connectivity index is 2.46. The number of hydrogen-bond acceptors (Lipinski definition) is 4. The van der Waals surface area contributed by atoms with E-state index >= 15 is 0 Å². The van der Waals surface area contributed by atoms with Crippen molar-refractivity contribution in [2.24, 2.45) is 0 Å². The molecule has 0 amide bonds. The summed E-state index contributed by atoms with van der Waals surface area (Å²) in [5, 5.41) is 4.25. The summed E-state index contributed by atoms with van der Waals surface area (Å²) in [4.78, 5) is 0. The molecular weight excluding hydrogens is 309 g/mol. The molecule has 0 atom stereocenters. The molecule has 0 radical (unpaired) electrons. The van der Waals surface area contributed by atoms with Crippen LogP contribution in [-0.4, -0.2) is 13.2 Å². The maximum Gasteiger partial charge on any atom is 0.362 e. The Morgan fingerprint density at radius 1 is 0.913 bits per heavy atom. The van der Waals surface area contributed by atoms with Crippen molar-refractivity contribution in [3.8, 4) is 0 Å². The van der Waals surface area contributed by atoms with E-state index in [1.807, 2.05) is 56.3 Å². The summed E-state index contributed by atoms with van der Waals surface area (Å²) in [5.41, 5.74) is 6.58. The van der Waals surface area contributed by atoms with Crippen LogP contribution in [0.15, 0.2) is 48.5 Å². The van der Waals surface area contributed by atoms with Crippen LogP contribution in [0.4, 0.5) is 5.69 Å². The molecule has 0 bridgehead atoms. The zero-order chi connectivity index (χ0) is 16.4. The number of hydrogen-bond donors (Lipinski definition) is 1. The van der Waals surface area contributed by atoms with Gasteiger partial charge in [0.1, 0.15) is 0 Å². The maximum absolute atomic E-state index is 13.5. The van der Waals surface area contributed by atoms with Gasteiger partial charge in [0.15, 0.2) is 0 Å². The molecule has 0 fully saturated rings. The number of nitrogens with two attached hydrogens (primary N) is 1. The molecule has 0 aliphatic carbocycles. The molecule has 3 aromatic carbocycles. The molecular formula is C18H20NO3P. The molecule has 0 saturated heterocycles. The van der Waals surface area contributed by atoms with E-state index in [1.165, 1.54) is 0 Å². The van der Waals surface area contributed by atoms with Gasteiger partial charge in [0.25, 0.3) is 0 Å². The predicted octanol–water partition coefficient (Wildman–Crippen LogP) is 4.47. The van der Waals surface area contributed by atoms with Crippen molar-refractivity contribution < 1.29 is 13.6 Å². The van der Waals surface area contributed by atoms with E-state index in [4.69, 9.17) is 14.8 Å². The van der Waals surface area contributed by atoms with Crippen LogP contribution in [0.5, 0.6) is 0 Å². The predicted molar refractivity (Wildman–Crippen MR) is 96.4 cm³/mol. The third kappa shape index (κ3) is 2.86. The molecule has 0 aromatic heterocycles. The zero-order valence-electron chi connectivity index (χ0n) is 13.3. The molecule has 0 unspecified atom stereocenters. The van der Waals surface area contributed by atoms with E-state index in [-0.39, 0.29) is 0 Å². The fourth-order valence-corrected chi connectivity index (χ4v) is 4.86. The third-order valence-corrected chi connectivity index (χ3v) is 5.96. The molecule has 0 heterocycles. The van der Waals surface area contributed by atoms with Crippen LogP contribution >= 0.6 is 7.60 Å². The van der Waals surface area contributed by atoms with Gasteiger partial charge < -0.3 is 14.8 Å². The highest BCUT2D eigenvalue weighted by atomic mass is 31.2. The summed E-state index contributed by atoms with van der Waals surface area (Å²) >= 11 is 0. The van der Waals surface area contributed by atoms with E-state index in [0.29, 0.717) is 24.2 Å². The lowest BCUT2D eigenvalue weighted by atomic mass is 10.0. The SMILES string of the molecule is CCOP(=O)(OCC)c1c2ccccc2cc2ccc(N)cc12. The molecule has 0 spiro atoms. The van der Waals surface area contributed by atoms with Crippen LogP contribution in [-0.2, 0) is 13.6 Å². The topological polar surface area (TPSA) is 61.5 Å². The fraction of sp³-hybridized carbons (Fsp3) is 0.222. The smallest absolute Gasteiger partial charge is 0.362 e. The first kappa shape index (κ1) is 16.0. The van der Waals surface area contributed by atoms with Crippen molar-refractivity contribution in [3.05, 3.63) is 48.5 Å². The van der Waals surface area contributed by atoms with Gasteiger partial charge in [-0.3, -0.25) is 4.57 Å². The van der Waals surface area contributed by atoms with Gasteiger partial charge >= 0.3 is 7.60 Å². The average Bonchev–Trinajstić information content (AvgIpc) is 2.53. The molecule has 4 nitrogen and oxygen atoms in total. The third-order valence-electron chi connectivity index (χ3n) is 3.73. The summed E-state index contributed by atoms with van der Waals surface area (Å²) in [6, 6.07) is 15.5. The molecule has 23 heavy (non-hydrogen) atoms. The molecule has 3 rings (SSSR count). The van der Waals surface area contributed by atoms with Crippen molar-refractivity contribution in [1.29, 1.82) is 0 Å². The lowest BCUT2D eigenvalue weighted by Crippen LogP contribution is -2.13. The quantitative estimate of drug-likeness (QED) is 0.426. The van der Waals surface area contributed by atoms with Gasteiger partial charge in [-0.25, -0.2) is 0 Å². The number of anilines is 1. The Kier molecular flexibility index (Phi) is 4.40. The Labute approximate surface area is 135 Å². The molecule has 5 heteroatoms. The van der Waals surface area contributed by atoms with Gasteiger partial charge in [-0.1, -0.05) is 30.3 Å². The van der Waals surface area contributed by atoms with Gasteiger partial charge in [0, 0.05) is 5.69 Å². The summed E-state index contributed by atoms with van der Waals surface area (Å²) in [6.45, 7) is 4.25. The van der Waals surface area contributed by atoms with Gasteiger partial charge in [-0.2, -0.15) is 0 Å². The second kappa shape index (κ2) is 6.32. The minimum atomic E-state index is -3.44. The minimum Gasteiger partial charge on any atom is -0.399 e. The molecule has 0 saturated carbocycles. The molecule has 2 N–H and O–H groups in total. The average molecular weight is 329 g/mol. The van der Waals surface area contributed by atoms with E-state index in [1.54, 1.807) is 0 Å². The maximum atomic E-state index is 13.5. The molecule has 0 aliphatic heterocycles. The highest BCUT2D eigenvalue weighted by molar-refractivity contribution is 7.63. The lowest BCUT2D eigenvalue weighted by molar-refractivity contribution is 0.230. The van der Waals surface area contributed by atoms with E-state index < -0.39 is 7.60 Å². The van der Waals surface area contributed by atoms with Crippen molar-refractivity contribution in [1.82, 2.24) is 0 Å². The Hall–Kier alpha value is -1.87. The number of benzene rings is 3. The van der Waals surface area contributed by atoms with Crippen molar-refractivity contribution in [2.75, 3.05) is 18.9 Å². The molecule has 3 aromatic rings. The summed E-state index contributed by atoms with van der Waals surface area (Å²) in [6.07, 6.45) is 0. The van der Waals surface area contributed by atoms with Crippen molar-refractivity contribution >= 4 is 40.1 Å². The number of nitrogen functional groups attached to an aromatic ring is 1. The van der Waals surface area contributed by atoms with Crippen LogP contribution in [0, 0.1) is 0 Å². The van der Waals surface area contributed by atoms with Crippen LogP contribution in [0.25, 0.3) is 21.5 Å². The fourth-order valence-electron chi connectivity index (χ4n) is 2.86. The monoisotopic (exact) mass is 329 g/mol. The van der Waals surface area contributed by atoms with Gasteiger partial charge in [-0.15, -0.1) is 0 Å². The standard InChI is InChI=1S/C18H20NO3P/c1-3-21-23(20,22-4-2)18-16-8-6-5-7-13(16)11-14-9-10-15(19)12-17(14)18/h5-12H,3-4,19H2,1-2H3. The van der Waals surface area contributed by atoms with Crippen LogP contribution in [0.1, 0.15) is 13.8 Å². The summed E-state index contributed by atoms with van der Waals surface area (Å²) < 4.78 is 24.7. The number of fused-ring (bicyclic) bond motifs is 2. The van der Waals surface area contributed by atoms with Gasteiger partial charge in [-0.05, 0) is 53.6 Å².